The zero-order valence-electron chi connectivity index (χ0n) is 10.7. The van der Waals surface area contributed by atoms with Crippen molar-refractivity contribution in [3.05, 3.63) is 11.9 Å². The minimum absolute atomic E-state index is 0.652. The quantitative estimate of drug-likeness (QED) is 0.848. The maximum absolute atomic E-state index is 4.55. The van der Waals surface area contributed by atoms with E-state index in [9.17, 15) is 0 Å². The molecule has 3 heteroatoms. The summed E-state index contributed by atoms with van der Waals surface area (Å²) >= 11 is 0. The molecular weight excluding hydrogens is 198 g/mol. The molecule has 1 aromatic rings. The van der Waals surface area contributed by atoms with E-state index in [0.29, 0.717) is 6.04 Å². The highest BCUT2D eigenvalue weighted by molar-refractivity contribution is 5.29. The van der Waals surface area contributed by atoms with Crippen molar-refractivity contribution in [1.82, 2.24) is 9.55 Å². The molecule has 0 aliphatic heterocycles. The van der Waals surface area contributed by atoms with E-state index < -0.39 is 0 Å². The number of hydrogen-bond donors (Lipinski definition) is 1. The Morgan fingerprint density at radius 3 is 3.00 bits per heavy atom. The van der Waals surface area contributed by atoms with E-state index in [4.69, 9.17) is 0 Å². The maximum Gasteiger partial charge on any atom is 0.203 e. The average Bonchev–Trinajstić information content (AvgIpc) is 2.60. The monoisotopic (exact) mass is 221 g/mol. The first-order valence-corrected chi connectivity index (χ1v) is 6.50. The summed E-state index contributed by atoms with van der Waals surface area (Å²) in [4.78, 5) is 4.55. The third-order valence-electron chi connectivity index (χ3n) is 3.49. The molecule has 90 valence electrons. The first-order chi connectivity index (χ1) is 7.70. The fraction of sp³-hybridized carbons (Fsp3) is 0.769. The molecule has 0 bridgehead atoms. The molecule has 1 aliphatic carbocycles. The van der Waals surface area contributed by atoms with Gasteiger partial charge in [0.2, 0.25) is 5.95 Å². The molecule has 1 aliphatic rings. The van der Waals surface area contributed by atoms with Crippen molar-refractivity contribution in [2.75, 3.05) is 11.9 Å². The molecule has 1 heterocycles. The molecular formula is C13H23N3. The fourth-order valence-electron chi connectivity index (χ4n) is 2.74. The van der Waals surface area contributed by atoms with Crippen LogP contribution in [0.2, 0.25) is 0 Å². The lowest BCUT2D eigenvalue weighted by Gasteiger charge is -2.28. The van der Waals surface area contributed by atoms with Crippen LogP contribution in [0, 0.1) is 12.8 Å². The van der Waals surface area contributed by atoms with Crippen LogP contribution in [0.4, 0.5) is 5.95 Å². The van der Waals surface area contributed by atoms with Gasteiger partial charge in [-0.25, -0.2) is 4.98 Å². The molecule has 1 N–H and O–H groups in total. The van der Waals surface area contributed by atoms with E-state index >= 15 is 0 Å². The first kappa shape index (κ1) is 11.5. The van der Waals surface area contributed by atoms with E-state index in [0.717, 1.165) is 24.1 Å². The van der Waals surface area contributed by atoms with Crippen molar-refractivity contribution < 1.29 is 0 Å². The summed E-state index contributed by atoms with van der Waals surface area (Å²) in [5, 5.41) is 3.36. The molecule has 2 unspecified atom stereocenters. The SMILES string of the molecule is CCNc1nc(C)cn1C1CCCC(C)C1. The van der Waals surface area contributed by atoms with Gasteiger partial charge < -0.3 is 9.88 Å². The number of hydrogen-bond acceptors (Lipinski definition) is 2. The molecule has 2 atom stereocenters. The third-order valence-corrected chi connectivity index (χ3v) is 3.49. The fourth-order valence-corrected chi connectivity index (χ4v) is 2.74. The summed E-state index contributed by atoms with van der Waals surface area (Å²) < 4.78 is 2.36. The summed E-state index contributed by atoms with van der Waals surface area (Å²) in [5.74, 6) is 1.91. The summed E-state index contributed by atoms with van der Waals surface area (Å²) in [6.07, 6.45) is 7.54. The van der Waals surface area contributed by atoms with E-state index in [1.54, 1.807) is 0 Å². The lowest BCUT2D eigenvalue weighted by molar-refractivity contribution is 0.284. The second kappa shape index (κ2) is 4.89. The van der Waals surface area contributed by atoms with Crippen molar-refractivity contribution in [1.29, 1.82) is 0 Å². The number of nitrogens with one attached hydrogen (secondary N) is 1. The van der Waals surface area contributed by atoms with E-state index in [1.807, 2.05) is 0 Å². The van der Waals surface area contributed by atoms with Crippen LogP contribution in [0.5, 0.6) is 0 Å². The van der Waals surface area contributed by atoms with E-state index in [2.05, 4.69) is 41.8 Å². The van der Waals surface area contributed by atoms with E-state index in [1.165, 1.54) is 25.7 Å². The van der Waals surface area contributed by atoms with Gasteiger partial charge in [-0.1, -0.05) is 19.8 Å². The number of imidazole rings is 1. The van der Waals surface area contributed by atoms with Crippen LogP contribution in [0.1, 0.15) is 51.3 Å². The van der Waals surface area contributed by atoms with Gasteiger partial charge in [0.05, 0.1) is 5.69 Å². The van der Waals surface area contributed by atoms with Gasteiger partial charge in [-0.05, 0) is 32.6 Å². The molecule has 0 saturated heterocycles. The predicted octanol–water partition coefficient (Wildman–Crippen LogP) is 3.37. The molecule has 0 radical (unpaired) electrons. The second-order valence-corrected chi connectivity index (χ2v) is 5.07. The van der Waals surface area contributed by atoms with Crippen molar-refractivity contribution in [2.45, 2.75) is 52.5 Å². The van der Waals surface area contributed by atoms with Crippen LogP contribution in [0.25, 0.3) is 0 Å². The van der Waals surface area contributed by atoms with Gasteiger partial charge in [-0.2, -0.15) is 0 Å². The second-order valence-electron chi connectivity index (χ2n) is 5.07. The van der Waals surface area contributed by atoms with Crippen molar-refractivity contribution in [3.63, 3.8) is 0 Å². The lowest BCUT2D eigenvalue weighted by Crippen LogP contribution is -2.19. The predicted molar refractivity (Wildman–Crippen MR) is 67.8 cm³/mol. The van der Waals surface area contributed by atoms with Crippen LogP contribution in [-0.2, 0) is 0 Å². The van der Waals surface area contributed by atoms with Gasteiger partial charge in [-0.3, -0.25) is 0 Å². The van der Waals surface area contributed by atoms with Gasteiger partial charge in [0.15, 0.2) is 0 Å². The van der Waals surface area contributed by atoms with Crippen molar-refractivity contribution in [3.8, 4) is 0 Å². The zero-order chi connectivity index (χ0) is 11.5. The first-order valence-electron chi connectivity index (χ1n) is 6.50. The van der Waals surface area contributed by atoms with Gasteiger partial charge in [0, 0.05) is 18.8 Å². The molecule has 2 rings (SSSR count). The summed E-state index contributed by atoms with van der Waals surface area (Å²) in [6, 6.07) is 0.652. The molecule has 0 aromatic carbocycles. The zero-order valence-corrected chi connectivity index (χ0v) is 10.7. The Bertz CT molecular complexity index is 343. The Labute approximate surface area is 98.3 Å². The Balaban J connectivity index is 2.17. The van der Waals surface area contributed by atoms with Gasteiger partial charge in [0.25, 0.3) is 0 Å². The Morgan fingerprint density at radius 1 is 1.50 bits per heavy atom. The number of aryl methyl sites for hydroxylation is 1. The minimum atomic E-state index is 0.652. The summed E-state index contributed by atoms with van der Waals surface area (Å²) in [5.41, 5.74) is 1.12. The normalized spacial score (nSPS) is 25.7. The molecule has 1 fully saturated rings. The Kier molecular flexibility index (Phi) is 3.52. The Hall–Kier alpha value is -0.990. The Morgan fingerprint density at radius 2 is 2.31 bits per heavy atom. The highest BCUT2D eigenvalue weighted by Crippen LogP contribution is 2.34. The van der Waals surface area contributed by atoms with Crippen LogP contribution in [0.3, 0.4) is 0 Å². The third kappa shape index (κ3) is 2.39. The molecule has 0 spiro atoms. The van der Waals surface area contributed by atoms with Crippen LogP contribution in [0.15, 0.2) is 6.20 Å². The van der Waals surface area contributed by atoms with Crippen LogP contribution in [-0.4, -0.2) is 16.1 Å². The molecule has 16 heavy (non-hydrogen) atoms. The van der Waals surface area contributed by atoms with Gasteiger partial charge >= 0.3 is 0 Å². The minimum Gasteiger partial charge on any atom is -0.356 e. The number of aromatic nitrogens is 2. The highest BCUT2D eigenvalue weighted by Gasteiger charge is 2.22. The molecule has 3 nitrogen and oxygen atoms in total. The van der Waals surface area contributed by atoms with Gasteiger partial charge in [-0.15, -0.1) is 0 Å². The van der Waals surface area contributed by atoms with Crippen molar-refractivity contribution in [2.24, 2.45) is 5.92 Å². The highest BCUT2D eigenvalue weighted by atomic mass is 15.2. The molecule has 1 aromatic heterocycles. The lowest BCUT2D eigenvalue weighted by atomic mass is 9.87. The topological polar surface area (TPSA) is 29.9 Å². The van der Waals surface area contributed by atoms with Crippen molar-refractivity contribution >= 4 is 5.95 Å². The van der Waals surface area contributed by atoms with Crippen LogP contribution >= 0.6 is 0 Å². The average molecular weight is 221 g/mol. The number of rotatable bonds is 3. The van der Waals surface area contributed by atoms with Crippen LogP contribution < -0.4 is 5.32 Å². The number of nitrogens with zero attached hydrogens (tertiary/aromatic N) is 2. The summed E-state index contributed by atoms with van der Waals surface area (Å²) in [7, 11) is 0. The smallest absolute Gasteiger partial charge is 0.203 e. The maximum atomic E-state index is 4.55. The number of anilines is 1. The van der Waals surface area contributed by atoms with E-state index in [-0.39, 0.29) is 0 Å². The van der Waals surface area contributed by atoms with Gasteiger partial charge in [0.1, 0.15) is 0 Å². The largest absolute Gasteiger partial charge is 0.356 e. The molecule has 0 amide bonds. The summed E-state index contributed by atoms with van der Waals surface area (Å²) in [6.45, 7) is 7.50. The standard InChI is InChI=1S/C13H23N3/c1-4-14-13-15-11(3)9-16(13)12-7-5-6-10(2)8-12/h9-10,12H,4-8H2,1-3H3,(H,14,15). The molecule has 1 saturated carbocycles.